The summed E-state index contributed by atoms with van der Waals surface area (Å²) < 4.78 is 12.7. The van der Waals surface area contributed by atoms with Crippen LogP contribution in [0.2, 0.25) is 5.15 Å². The summed E-state index contributed by atoms with van der Waals surface area (Å²) in [6.45, 7) is 0. The maximum atomic E-state index is 12.7. The maximum Gasteiger partial charge on any atom is 0.173 e. The molecule has 1 heterocycles. The van der Waals surface area contributed by atoms with Crippen molar-refractivity contribution >= 4 is 23.4 Å². The van der Waals surface area contributed by atoms with Crippen molar-refractivity contribution in [2.45, 2.75) is 5.75 Å². The van der Waals surface area contributed by atoms with Crippen LogP contribution < -0.4 is 5.73 Å². The Morgan fingerprint density at radius 1 is 1.79 bits per heavy atom. The van der Waals surface area contributed by atoms with Crippen LogP contribution in [0.4, 0.5) is 4.39 Å². The van der Waals surface area contributed by atoms with Crippen LogP contribution in [0.1, 0.15) is 5.56 Å². The lowest BCUT2D eigenvalue weighted by molar-refractivity contribution is 0.620. The summed E-state index contributed by atoms with van der Waals surface area (Å²) in [5, 5.41) is 7.04. The van der Waals surface area contributed by atoms with E-state index in [2.05, 4.69) is 10.7 Å². The number of nitrogens with two attached hydrogens (primary N) is 1. The number of thioether (sulfide) groups is 1. The number of aromatic nitrogens is 1. The molecule has 6 heteroatoms. The van der Waals surface area contributed by atoms with Crippen LogP contribution in [-0.4, -0.2) is 11.2 Å². The molecule has 0 bridgehead atoms. The Hall–Kier alpha value is -0.990. The van der Waals surface area contributed by atoms with Crippen molar-refractivity contribution in [3.05, 3.63) is 28.8 Å². The summed E-state index contributed by atoms with van der Waals surface area (Å²) in [6, 6.07) is 1.41. The van der Waals surface area contributed by atoms with Crippen molar-refractivity contribution in [2.75, 3.05) is 6.26 Å². The molecule has 0 radical (unpaired) electrons. The van der Waals surface area contributed by atoms with Gasteiger partial charge in [0, 0.05) is 11.9 Å². The van der Waals surface area contributed by atoms with E-state index >= 15 is 0 Å². The van der Waals surface area contributed by atoms with Gasteiger partial charge in [-0.2, -0.15) is 17.0 Å². The highest BCUT2D eigenvalue weighted by atomic mass is 35.5. The molecule has 1 aromatic rings. The Labute approximate surface area is 91.1 Å². The SMILES string of the molecule is CSCc1cnc(Cl)c(F)c1.N#CN. The topological polar surface area (TPSA) is 62.7 Å². The lowest BCUT2D eigenvalue weighted by Gasteiger charge is -1.97. The van der Waals surface area contributed by atoms with Gasteiger partial charge in [0.25, 0.3) is 0 Å². The first-order chi connectivity index (χ1) is 6.65. The normalized spacial score (nSPS) is 8.43. The van der Waals surface area contributed by atoms with Gasteiger partial charge >= 0.3 is 0 Å². The molecule has 0 saturated carbocycles. The zero-order chi connectivity index (χ0) is 11.0. The van der Waals surface area contributed by atoms with Crippen LogP contribution in [0.3, 0.4) is 0 Å². The first-order valence-corrected chi connectivity index (χ1v) is 5.31. The number of hydrogen-bond acceptors (Lipinski definition) is 4. The molecular weight excluding hydrogens is 225 g/mol. The molecule has 1 rings (SSSR count). The van der Waals surface area contributed by atoms with Crippen LogP contribution in [0.15, 0.2) is 12.3 Å². The zero-order valence-electron chi connectivity index (χ0n) is 7.50. The van der Waals surface area contributed by atoms with Gasteiger partial charge in [-0.1, -0.05) is 11.6 Å². The van der Waals surface area contributed by atoms with E-state index in [1.54, 1.807) is 18.0 Å². The second-order valence-electron chi connectivity index (χ2n) is 2.18. The Morgan fingerprint density at radius 3 is 2.79 bits per heavy atom. The minimum atomic E-state index is -0.446. The smallest absolute Gasteiger partial charge is 0.173 e. The monoisotopic (exact) mass is 233 g/mol. The number of pyridine rings is 1. The molecule has 76 valence electrons. The van der Waals surface area contributed by atoms with Gasteiger partial charge in [0.2, 0.25) is 0 Å². The van der Waals surface area contributed by atoms with Crippen LogP contribution in [-0.2, 0) is 5.75 Å². The fourth-order valence-corrected chi connectivity index (χ4v) is 1.30. The summed E-state index contributed by atoms with van der Waals surface area (Å²) in [5.74, 6) is 0.319. The van der Waals surface area contributed by atoms with E-state index in [-0.39, 0.29) is 5.15 Å². The van der Waals surface area contributed by atoms with E-state index in [9.17, 15) is 4.39 Å². The fraction of sp³-hybridized carbons (Fsp3) is 0.250. The predicted molar refractivity (Wildman–Crippen MR) is 56.2 cm³/mol. The van der Waals surface area contributed by atoms with Crippen molar-refractivity contribution < 1.29 is 4.39 Å². The van der Waals surface area contributed by atoms with Crippen LogP contribution in [0.5, 0.6) is 0 Å². The Morgan fingerprint density at radius 2 is 2.36 bits per heavy atom. The largest absolute Gasteiger partial charge is 0.337 e. The molecule has 0 aliphatic rings. The van der Waals surface area contributed by atoms with Crippen molar-refractivity contribution in [3.63, 3.8) is 0 Å². The molecular formula is C8H9ClFN3S. The summed E-state index contributed by atoms with van der Waals surface area (Å²) in [4.78, 5) is 3.67. The Bertz CT molecular complexity index is 327. The van der Waals surface area contributed by atoms with Crippen molar-refractivity contribution in [1.82, 2.24) is 4.98 Å². The highest BCUT2D eigenvalue weighted by molar-refractivity contribution is 7.97. The Kier molecular flexibility index (Phi) is 6.89. The maximum absolute atomic E-state index is 12.7. The van der Waals surface area contributed by atoms with Crippen LogP contribution in [0.25, 0.3) is 0 Å². The zero-order valence-corrected chi connectivity index (χ0v) is 9.07. The number of halogens is 2. The van der Waals surface area contributed by atoms with Gasteiger partial charge in [-0.3, -0.25) is 0 Å². The predicted octanol–water partition coefficient (Wildman–Crippen LogP) is 2.16. The average Bonchev–Trinajstić information content (AvgIpc) is 2.13. The molecule has 0 amide bonds. The van der Waals surface area contributed by atoms with Gasteiger partial charge in [0.15, 0.2) is 17.2 Å². The lowest BCUT2D eigenvalue weighted by Crippen LogP contribution is -1.87. The number of hydrogen-bond donors (Lipinski definition) is 1. The molecule has 0 aliphatic heterocycles. The first kappa shape index (κ1) is 13.0. The lowest BCUT2D eigenvalue weighted by atomic mass is 10.3. The molecule has 3 nitrogen and oxygen atoms in total. The molecule has 0 aromatic carbocycles. The summed E-state index contributed by atoms with van der Waals surface area (Å²) in [7, 11) is 0. The van der Waals surface area contributed by atoms with E-state index < -0.39 is 5.82 Å². The minimum Gasteiger partial charge on any atom is -0.337 e. The third-order valence-corrected chi connectivity index (χ3v) is 2.06. The third-order valence-electron chi connectivity index (χ3n) is 1.16. The molecule has 14 heavy (non-hydrogen) atoms. The quantitative estimate of drug-likeness (QED) is 0.483. The fourth-order valence-electron chi connectivity index (χ4n) is 0.706. The van der Waals surface area contributed by atoms with Crippen molar-refractivity contribution in [3.8, 4) is 6.19 Å². The summed E-state index contributed by atoms with van der Waals surface area (Å²) in [5.41, 5.74) is 5.01. The molecule has 0 unspecified atom stereocenters. The van der Waals surface area contributed by atoms with Crippen molar-refractivity contribution in [1.29, 1.82) is 5.26 Å². The highest BCUT2D eigenvalue weighted by Crippen LogP contribution is 2.14. The van der Waals surface area contributed by atoms with E-state index in [0.29, 0.717) is 0 Å². The molecule has 1 aromatic heterocycles. The van der Waals surface area contributed by atoms with E-state index in [4.69, 9.17) is 16.9 Å². The second-order valence-corrected chi connectivity index (χ2v) is 3.40. The summed E-state index contributed by atoms with van der Waals surface area (Å²) in [6.07, 6.45) is 4.79. The highest BCUT2D eigenvalue weighted by Gasteiger charge is 2.00. The van der Waals surface area contributed by atoms with Gasteiger partial charge in [-0.25, -0.2) is 9.37 Å². The minimum absolute atomic E-state index is 0.0603. The van der Waals surface area contributed by atoms with E-state index in [1.807, 2.05) is 6.26 Å². The second kappa shape index (κ2) is 7.42. The molecule has 0 aliphatic carbocycles. The molecule has 0 spiro atoms. The first-order valence-electron chi connectivity index (χ1n) is 3.54. The molecule has 0 atom stereocenters. The van der Waals surface area contributed by atoms with Crippen molar-refractivity contribution in [2.24, 2.45) is 5.73 Å². The molecule has 0 fully saturated rings. The van der Waals surface area contributed by atoms with Gasteiger partial charge in [-0.15, -0.1) is 0 Å². The van der Waals surface area contributed by atoms with E-state index in [1.165, 1.54) is 12.3 Å². The summed E-state index contributed by atoms with van der Waals surface area (Å²) >= 11 is 7.01. The van der Waals surface area contributed by atoms with E-state index in [0.717, 1.165) is 11.3 Å². The van der Waals surface area contributed by atoms with Gasteiger partial charge in [0.1, 0.15) is 0 Å². The van der Waals surface area contributed by atoms with Gasteiger partial charge in [0.05, 0.1) is 0 Å². The number of rotatable bonds is 2. The van der Waals surface area contributed by atoms with Gasteiger partial charge in [-0.05, 0) is 17.9 Å². The molecule has 0 saturated heterocycles. The third kappa shape index (κ3) is 4.90. The van der Waals surface area contributed by atoms with Crippen LogP contribution >= 0.6 is 23.4 Å². The standard InChI is InChI=1S/C7H7ClFNS.CH2N2/c1-11-4-5-2-6(9)7(8)10-3-5;2-1-3/h2-3H,4H2,1H3;2H2. The number of nitrogens with zero attached hydrogens (tertiary/aromatic N) is 2. The Balaban J connectivity index is 0.000000500. The van der Waals surface area contributed by atoms with Gasteiger partial charge < -0.3 is 5.73 Å². The average molecular weight is 234 g/mol. The number of nitriles is 1. The molecule has 2 N–H and O–H groups in total. The van der Waals surface area contributed by atoms with Crippen LogP contribution in [0, 0.1) is 17.3 Å².